The summed E-state index contributed by atoms with van der Waals surface area (Å²) in [5, 5.41) is 0.757. The van der Waals surface area contributed by atoms with Crippen molar-refractivity contribution in [3.63, 3.8) is 0 Å². The van der Waals surface area contributed by atoms with Crippen molar-refractivity contribution in [1.29, 1.82) is 0 Å². The normalized spacial score (nSPS) is 9.73. The Bertz CT molecular complexity index is 118. The van der Waals surface area contributed by atoms with E-state index in [0.717, 1.165) is 11.8 Å². The van der Waals surface area contributed by atoms with Gasteiger partial charge in [-0.15, -0.1) is 0 Å². The number of halogens is 1. The molecule has 0 heterocycles. The van der Waals surface area contributed by atoms with Crippen LogP contribution in [-0.4, -0.2) is 11.5 Å². The summed E-state index contributed by atoms with van der Waals surface area (Å²) < 4.78 is 9.96. The average Bonchev–Trinajstić information content (AvgIpc) is 1.63. The molecule has 0 amide bonds. The summed E-state index contributed by atoms with van der Waals surface area (Å²) in [6.45, 7) is 0. The fourth-order valence-corrected chi connectivity index (χ4v) is 1.41. The van der Waals surface area contributed by atoms with Crippen LogP contribution >= 0.6 is 23.5 Å². The maximum atomic E-state index is 9.96. The summed E-state index contributed by atoms with van der Waals surface area (Å²) in [6.07, 6.45) is 1.00. The van der Waals surface area contributed by atoms with Gasteiger partial charge in [-0.2, -0.15) is 0 Å². The molecule has 0 atom stereocenters. The van der Waals surface area contributed by atoms with Gasteiger partial charge in [0.15, 0.2) is 0 Å². The Morgan fingerprint density at radius 3 is 1.91 bits per heavy atom. The van der Waals surface area contributed by atoms with Crippen molar-refractivity contribution < 1.29 is 73.5 Å². The van der Waals surface area contributed by atoms with Crippen molar-refractivity contribution in [3.05, 3.63) is 0 Å². The van der Waals surface area contributed by atoms with Gasteiger partial charge in [-0.05, 0) is 19.0 Å². The number of hydrogen-bond donors (Lipinski definition) is 0. The molecule has 0 saturated heterocycles. The van der Waals surface area contributed by atoms with Crippen LogP contribution in [0.5, 0.6) is 0 Å². The van der Waals surface area contributed by atoms with Gasteiger partial charge in [-0.25, -0.2) is 0 Å². The molecule has 0 unspecified atom stereocenters. The minimum absolute atomic E-state index is 0. The van der Waals surface area contributed by atoms with Gasteiger partial charge in [-0.1, -0.05) is 23.5 Å². The fourth-order valence-electron chi connectivity index (χ4n) is 0.400. The fraction of sp³-hybridized carbons (Fsp3) is 1.00. The minimum Gasteiger partial charge on any atom is -0.811 e. The van der Waals surface area contributed by atoms with E-state index in [1.54, 1.807) is 0 Å². The average molecular weight is 261 g/mol. The van der Waals surface area contributed by atoms with Gasteiger partial charge >= 0.3 is 59.1 Å². The Balaban J connectivity index is -0.000000320. The molecule has 7 heteroatoms. The van der Waals surface area contributed by atoms with Crippen LogP contribution in [-0.2, 0) is 4.57 Å². The van der Waals surface area contributed by atoms with E-state index >= 15 is 0 Å². The molecule has 56 valence electrons. The van der Waals surface area contributed by atoms with Crippen LogP contribution in [0.4, 0.5) is 0 Å². The first-order valence-corrected chi connectivity index (χ1v) is 5.48. The molecule has 11 heavy (non-hydrogen) atoms. The molecule has 0 aromatic carbocycles. The Morgan fingerprint density at radius 2 is 1.64 bits per heavy atom. The van der Waals surface area contributed by atoms with Crippen LogP contribution in [0.3, 0.4) is 0 Å². The molecule has 0 aromatic rings. The summed E-state index contributed by atoms with van der Waals surface area (Å²) in [6, 6.07) is 0. The van der Waals surface area contributed by atoms with E-state index in [2.05, 4.69) is 15.9 Å². The van der Waals surface area contributed by atoms with Gasteiger partial charge in [0.1, 0.15) is 0 Å². The van der Waals surface area contributed by atoms with Gasteiger partial charge in [-0.3, -0.25) is 0 Å². The molecule has 0 fully saturated rings. The van der Waals surface area contributed by atoms with Crippen molar-refractivity contribution in [2.24, 2.45) is 0 Å². The first-order chi connectivity index (χ1) is 4.06. The summed E-state index contributed by atoms with van der Waals surface area (Å²) in [5.41, 5.74) is 0. The van der Waals surface area contributed by atoms with Gasteiger partial charge in [0, 0.05) is 5.33 Å². The van der Waals surface area contributed by atoms with Crippen molar-refractivity contribution in [3.8, 4) is 0 Å². The third kappa shape index (κ3) is 19.2. The van der Waals surface area contributed by atoms with Crippen LogP contribution in [0.1, 0.15) is 12.8 Å². The third-order valence-electron chi connectivity index (χ3n) is 0.816. The molecule has 0 N–H and O–H groups in total. The van der Waals surface area contributed by atoms with Crippen molar-refractivity contribution >= 4 is 23.5 Å². The van der Waals surface area contributed by atoms with E-state index in [1.807, 2.05) is 0 Å². The van der Waals surface area contributed by atoms with Crippen molar-refractivity contribution in [2.45, 2.75) is 12.8 Å². The largest absolute Gasteiger partial charge is 1.00 e. The maximum Gasteiger partial charge on any atom is 1.00 e. The minimum atomic E-state index is -4.22. The van der Waals surface area contributed by atoms with Gasteiger partial charge in [0.25, 0.3) is 0 Å². The maximum absolute atomic E-state index is 9.96. The molecule has 0 saturated carbocycles. The standard InChI is InChI=1S/C4H10BrO3P.2Na/c5-3-1-2-4-9(6,7)8;;/h1-4H2,(H2,6,7,8);;/q;2*+1/p-2. The van der Waals surface area contributed by atoms with Gasteiger partial charge in [0.2, 0.25) is 0 Å². The Kier molecular flexibility index (Phi) is 18.7. The van der Waals surface area contributed by atoms with Crippen molar-refractivity contribution in [2.75, 3.05) is 11.5 Å². The van der Waals surface area contributed by atoms with E-state index in [4.69, 9.17) is 0 Å². The number of unbranched alkanes of at least 4 members (excludes halogenated alkanes) is 1. The van der Waals surface area contributed by atoms with Crippen LogP contribution in [0, 0.1) is 0 Å². The Hall–Kier alpha value is 2.63. The van der Waals surface area contributed by atoms with E-state index in [9.17, 15) is 14.4 Å². The van der Waals surface area contributed by atoms with Crippen LogP contribution < -0.4 is 68.9 Å². The third-order valence-corrected chi connectivity index (χ3v) is 2.24. The zero-order chi connectivity index (χ0) is 7.33. The molecule has 0 aromatic heterocycles. The monoisotopic (exact) mass is 260 g/mol. The molecule has 0 aliphatic heterocycles. The zero-order valence-corrected chi connectivity index (χ0v) is 13.4. The zero-order valence-electron chi connectivity index (χ0n) is 6.88. The summed E-state index contributed by atoms with van der Waals surface area (Å²) in [5.74, 6) is 0. The molecular weight excluding hydrogens is 253 g/mol. The van der Waals surface area contributed by atoms with Crippen LogP contribution in [0.25, 0.3) is 0 Å². The quantitative estimate of drug-likeness (QED) is 0.219. The second-order valence-electron chi connectivity index (χ2n) is 1.73. The summed E-state index contributed by atoms with van der Waals surface area (Å²) in [4.78, 5) is 19.9. The molecule has 0 bridgehead atoms. The van der Waals surface area contributed by atoms with Gasteiger partial charge in [0.05, 0.1) is 0 Å². The number of hydrogen-bond acceptors (Lipinski definition) is 3. The van der Waals surface area contributed by atoms with Crippen molar-refractivity contribution in [1.82, 2.24) is 0 Å². The molecule has 3 nitrogen and oxygen atoms in total. The number of alkyl halides is 1. The molecule has 0 rings (SSSR count). The molecule has 0 aliphatic rings. The van der Waals surface area contributed by atoms with Gasteiger partial charge < -0.3 is 14.4 Å². The number of rotatable bonds is 4. The van der Waals surface area contributed by atoms with E-state index in [0.29, 0.717) is 6.42 Å². The smallest absolute Gasteiger partial charge is 0.811 e. The Labute approximate surface area is 120 Å². The molecular formula is C4H8BrNa2O3P. The summed E-state index contributed by atoms with van der Waals surface area (Å²) >= 11 is 3.12. The summed E-state index contributed by atoms with van der Waals surface area (Å²) in [7, 11) is -4.22. The van der Waals surface area contributed by atoms with Crippen LogP contribution in [0.2, 0.25) is 0 Å². The first kappa shape index (κ1) is 19.2. The van der Waals surface area contributed by atoms with E-state index in [-0.39, 0.29) is 65.3 Å². The topological polar surface area (TPSA) is 63.2 Å². The Morgan fingerprint density at radius 1 is 1.18 bits per heavy atom. The SMILES string of the molecule is O=P([O-])([O-])CCCCBr.[Na+].[Na+]. The van der Waals surface area contributed by atoms with Crippen LogP contribution in [0.15, 0.2) is 0 Å². The molecule has 0 spiro atoms. The first-order valence-electron chi connectivity index (χ1n) is 2.63. The second kappa shape index (κ2) is 10.7. The molecule has 0 radical (unpaired) electrons. The predicted molar refractivity (Wildman–Crippen MR) is 35.5 cm³/mol. The van der Waals surface area contributed by atoms with E-state index in [1.165, 1.54) is 0 Å². The second-order valence-corrected chi connectivity index (χ2v) is 4.19. The molecule has 0 aliphatic carbocycles. The van der Waals surface area contributed by atoms with E-state index < -0.39 is 7.60 Å². The predicted octanol–water partition coefficient (Wildman–Crippen LogP) is -5.92.